The Balaban J connectivity index is 1.32. The molecular formula is C34H28IN3O7. The molecule has 1 aliphatic heterocycles. The highest BCUT2D eigenvalue weighted by Gasteiger charge is 2.37. The van der Waals surface area contributed by atoms with Gasteiger partial charge in [0.15, 0.2) is 18.1 Å². The van der Waals surface area contributed by atoms with Crippen molar-refractivity contribution in [1.29, 1.82) is 0 Å². The van der Waals surface area contributed by atoms with Crippen LogP contribution >= 0.6 is 22.6 Å². The first kappa shape index (κ1) is 31.3. The molecule has 0 aromatic heterocycles. The molecular weight excluding hydrogens is 689 g/mol. The average molecular weight is 718 g/mol. The maximum Gasteiger partial charge on any atom is 0.335 e. The Bertz CT molecular complexity index is 1740. The normalized spacial score (nSPS) is 13.8. The fourth-order valence-electron chi connectivity index (χ4n) is 4.42. The first-order valence-electron chi connectivity index (χ1n) is 13.9. The van der Waals surface area contributed by atoms with Gasteiger partial charge < -0.3 is 19.5 Å². The van der Waals surface area contributed by atoms with Crippen molar-refractivity contribution in [3.05, 3.63) is 117 Å². The third-order valence-corrected chi connectivity index (χ3v) is 7.29. The number of urea groups is 1. The Kier molecular flexibility index (Phi) is 10.1. The summed E-state index contributed by atoms with van der Waals surface area (Å²) in [7, 11) is 0. The van der Waals surface area contributed by atoms with Crippen molar-refractivity contribution >= 4 is 63.8 Å². The number of hydrogen-bond donors (Lipinski definition) is 2. The van der Waals surface area contributed by atoms with Crippen molar-refractivity contribution in [2.45, 2.75) is 13.5 Å². The largest absolute Gasteiger partial charge is 0.490 e. The molecule has 4 aromatic carbocycles. The quantitative estimate of drug-likeness (QED) is 0.112. The number of ether oxygens (including phenoxy) is 3. The smallest absolute Gasteiger partial charge is 0.335 e. The number of anilines is 2. The van der Waals surface area contributed by atoms with Crippen LogP contribution in [0.1, 0.15) is 18.1 Å². The predicted molar refractivity (Wildman–Crippen MR) is 177 cm³/mol. The van der Waals surface area contributed by atoms with E-state index in [9.17, 15) is 19.2 Å². The molecule has 0 atom stereocenters. The van der Waals surface area contributed by atoms with Crippen LogP contribution in [0.2, 0.25) is 0 Å². The topological polar surface area (TPSA) is 123 Å². The number of imide groups is 2. The minimum atomic E-state index is -0.859. The van der Waals surface area contributed by atoms with Crippen LogP contribution in [0.4, 0.5) is 16.2 Å². The molecule has 5 amide bonds. The number of amides is 5. The molecule has 0 aliphatic carbocycles. The number of nitrogens with one attached hydrogen (secondary N) is 2. The summed E-state index contributed by atoms with van der Waals surface area (Å²) < 4.78 is 18.0. The molecule has 4 aromatic rings. The third kappa shape index (κ3) is 7.87. The molecule has 0 bridgehead atoms. The van der Waals surface area contributed by atoms with Gasteiger partial charge in [0.1, 0.15) is 17.9 Å². The van der Waals surface area contributed by atoms with Crippen LogP contribution in [-0.2, 0) is 21.0 Å². The van der Waals surface area contributed by atoms with E-state index in [0.717, 1.165) is 10.5 Å². The van der Waals surface area contributed by atoms with Gasteiger partial charge >= 0.3 is 6.03 Å². The third-order valence-electron chi connectivity index (χ3n) is 6.49. The van der Waals surface area contributed by atoms with Crippen LogP contribution in [0.3, 0.4) is 0 Å². The van der Waals surface area contributed by atoms with E-state index in [1.165, 1.54) is 6.08 Å². The Hall–Kier alpha value is -5.17. The van der Waals surface area contributed by atoms with Gasteiger partial charge in [-0.3, -0.25) is 19.7 Å². The number of carbonyl (C=O) groups is 4. The monoisotopic (exact) mass is 717 g/mol. The van der Waals surface area contributed by atoms with Gasteiger partial charge in [0.05, 0.1) is 15.9 Å². The van der Waals surface area contributed by atoms with Crippen molar-refractivity contribution in [1.82, 2.24) is 5.32 Å². The fraction of sp³-hybridized carbons (Fsp3) is 0.118. The highest BCUT2D eigenvalue weighted by molar-refractivity contribution is 14.1. The molecule has 11 heteroatoms. The first-order chi connectivity index (χ1) is 21.8. The summed E-state index contributed by atoms with van der Waals surface area (Å²) in [4.78, 5) is 52.3. The van der Waals surface area contributed by atoms with Crippen LogP contribution in [-0.4, -0.2) is 37.0 Å². The van der Waals surface area contributed by atoms with E-state index in [1.54, 1.807) is 55.5 Å². The Morgan fingerprint density at radius 2 is 1.58 bits per heavy atom. The number of benzene rings is 4. The molecule has 45 heavy (non-hydrogen) atoms. The van der Waals surface area contributed by atoms with Crippen molar-refractivity contribution in [2.75, 3.05) is 23.4 Å². The van der Waals surface area contributed by atoms with E-state index in [-0.39, 0.29) is 23.8 Å². The zero-order valence-electron chi connectivity index (χ0n) is 24.1. The van der Waals surface area contributed by atoms with E-state index in [2.05, 4.69) is 10.6 Å². The number of nitrogens with zero attached hydrogens (tertiary/aromatic N) is 1. The number of para-hydroxylation sites is 1. The summed E-state index contributed by atoms with van der Waals surface area (Å²) >= 11 is 2.03. The zero-order valence-corrected chi connectivity index (χ0v) is 26.3. The van der Waals surface area contributed by atoms with Crippen LogP contribution in [0.5, 0.6) is 17.2 Å². The number of rotatable bonds is 11. The number of hydrogen-bond acceptors (Lipinski definition) is 7. The molecule has 228 valence electrons. The molecule has 10 nitrogen and oxygen atoms in total. The molecule has 1 fully saturated rings. The lowest BCUT2D eigenvalue weighted by molar-refractivity contribution is -0.122. The lowest BCUT2D eigenvalue weighted by Crippen LogP contribution is -2.54. The number of carbonyl (C=O) groups excluding carboxylic acids is 4. The van der Waals surface area contributed by atoms with E-state index in [1.807, 2.05) is 71.1 Å². The van der Waals surface area contributed by atoms with Gasteiger partial charge in [-0.15, -0.1) is 0 Å². The molecule has 1 saturated heterocycles. The average Bonchev–Trinajstić information content (AvgIpc) is 3.03. The van der Waals surface area contributed by atoms with Crippen molar-refractivity contribution < 1.29 is 33.4 Å². The van der Waals surface area contributed by atoms with Crippen molar-refractivity contribution in [3.63, 3.8) is 0 Å². The van der Waals surface area contributed by atoms with Crippen LogP contribution in [0.15, 0.2) is 103 Å². The minimum absolute atomic E-state index is 0.242. The van der Waals surface area contributed by atoms with E-state index >= 15 is 0 Å². The van der Waals surface area contributed by atoms with Gasteiger partial charge in [-0.25, -0.2) is 9.69 Å². The SMILES string of the molecule is CCOc1cc(/C=C2\C(=O)NC(=O)N(c3ccc(OCc4ccccc4)cc3)C2=O)cc(I)c1OCC(=O)Nc1ccccc1. The first-order valence-corrected chi connectivity index (χ1v) is 15.0. The summed E-state index contributed by atoms with van der Waals surface area (Å²) in [6, 6.07) is 27.5. The molecule has 5 rings (SSSR count). The summed E-state index contributed by atoms with van der Waals surface area (Å²) in [5, 5.41) is 4.99. The molecule has 0 unspecified atom stereocenters. The summed E-state index contributed by atoms with van der Waals surface area (Å²) in [6.07, 6.45) is 1.38. The van der Waals surface area contributed by atoms with Crippen molar-refractivity contribution in [3.8, 4) is 17.2 Å². The maximum atomic E-state index is 13.5. The van der Waals surface area contributed by atoms with E-state index in [4.69, 9.17) is 14.2 Å². The molecule has 2 N–H and O–H groups in total. The predicted octanol–water partition coefficient (Wildman–Crippen LogP) is 5.95. The van der Waals surface area contributed by atoms with E-state index in [0.29, 0.717) is 45.3 Å². The molecule has 0 saturated carbocycles. The van der Waals surface area contributed by atoms with Gasteiger partial charge in [-0.1, -0.05) is 48.5 Å². The molecule has 0 spiro atoms. The second kappa shape index (κ2) is 14.5. The van der Waals surface area contributed by atoms with Gasteiger partial charge in [0.25, 0.3) is 17.7 Å². The van der Waals surface area contributed by atoms with Gasteiger partial charge in [0.2, 0.25) is 0 Å². The molecule has 1 aliphatic rings. The Morgan fingerprint density at radius 1 is 0.889 bits per heavy atom. The minimum Gasteiger partial charge on any atom is -0.490 e. The van der Waals surface area contributed by atoms with Gasteiger partial charge in [-0.05, 0) is 95.2 Å². The van der Waals surface area contributed by atoms with Crippen LogP contribution in [0.25, 0.3) is 6.08 Å². The second-order valence-electron chi connectivity index (χ2n) is 9.69. The summed E-state index contributed by atoms with van der Waals surface area (Å²) in [6.45, 7) is 2.19. The fourth-order valence-corrected chi connectivity index (χ4v) is 5.20. The second-order valence-corrected chi connectivity index (χ2v) is 10.9. The van der Waals surface area contributed by atoms with Gasteiger partial charge in [-0.2, -0.15) is 0 Å². The van der Waals surface area contributed by atoms with Crippen LogP contribution in [0, 0.1) is 3.57 Å². The highest BCUT2D eigenvalue weighted by Crippen LogP contribution is 2.35. The lowest BCUT2D eigenvalue weighted by Gasteiger charge is -2.26. The van der Waals surface area contributed by atoms with E-state index < -0.39 is 17.8 Å². The Labute approximate surface area is 273 Å². The maximum absolute atomic E-state index is 13.5. The highest BCUT2D eigenvalue weighted by atomic mass is 127. The molecule has 1 heterocycles. The summed E-state index contributed by atoms with van der Waals surface area (Å²) in [5.74, 6) is -0.740. The van der Waals surface area contributed by atoms with Gasteiger partial charge in [0, 0.05) is 5.69 Å². The number of halogens is 1. The molecule has 0 radical (unpaired) electrons. The Morgan fingerprint density at radius 3 is 2.27 bits per heavy atom. The zero-order chi connectivity index (χ0) is 31.8. The standard InChI is InChI=1S/C34H28IN3O7/c1-2-43-29-19-23(18-28(35)31(29)45-21-30(39)36-24-11-7-4-8-12-24)17-27-32(40)37-34(42)38(33(27)41)25-13-15-26(16-14-25)44-20-22-9-5-3-6-10-22/h3-19H,2,20-21H2,1H3,(H,36,39)(H,37,40,42)/b27-17+. The summed E-state index contributed by atoms with van der Waals surface area (Å²) in [5.41, 5.74) is 2.12. The number of barbiturate groups is 1. The lowest BCUT2D eigenvalue weighted by atomic mass is 10.1. The van der Waals surface area contributed by atoms with Crippen molar-refractivity contribution in [2.24, 2.45) is 0 Å². The van der Waals surface area contributed by atoms with Crippen LogP contribution < -0.4 is 29.7 Å².